The second-order valence-corrected chi connectivity index (χ2v) is 6.04. The third-order valence-electron chi connectivity index (χ3n) is 4.30. The number of amides is 1. The second-order valence-electron chi connectivity index (χ2n) is 6.04. The normalized spacial score (nSPS) is 16.7. The van der Waals surface area contributed by atoms with Crippen LogP contribution in [0.3, 0.4) is 0 Å². The Morgan fingerprint density at radius 3 is 2.88 bits per heavy atom. The first-order valence-corrected chi connectivity index (χ1v) is 8.32. The van der Waals surface area contributed by atoms with E-state index in [2.05, 4.69) is 30.9 Å². The Morgan fingerprint density at radius 1 is 1.27 bits per heavy atom. The fourth-order valence-corrected chi connectivity index (χ4v) is 2.97. The first-order valence-electron chi connectivity index (χ1n) is 8.32. The van der Waals surface area contributed by atoms with Gasteiger partial charge in [-0.15, -0.1) is 12.4 Å². The van der Waals surface area contributed by atoms with Gasteiger partial charge < -0.3 is 10.6 Å². The van der Waals surface area contributed by atoms with Crippen molar-refractivity contribution in [2.24, 2.45) is 0 Å². The molecule has 3 N–H and O–H groups in total. The lowest BCUT2D eigenvalue weighted by Crippen LogP contribution is -2.32. The molecule has 0 saturated carbocycles. The van der Waals surface area contributed by atoms with Crippen LogP contribution in [-0.4, -0.2) is 44.0 Å². The predicted octanol–water partition coefficient (Wildman–Crippen LogP) is 2.27. The van der Waals surface area contributed by atoms with Gasteiger partial charge in [0.2, 0.25) is 0 Å². The van der Waals surface area contributed by atoms with Crippen LogP contribution in [-0.2, 0) is 0 Å². The SMILES string of the molecule is Cl.O=C(Nc1cc(-c2ccncc2)[nH]n1)c1ccn(C2CCCNC2)n1. The van der Waals surface area contributed by atoms with Crippen LogP contribution in [0.4, 0.5) is 5.82 Å². The van der Waals surface area contributed by atoms with Gasteiger partial charge in [-0.05, 0) is 37.6 Å². The number of carbonyl (C=O) groups is 1. The van der Waals surface area contributed by atoms with Crippen molar-refractivity contribution in [2.75, 3.05) is 18.4 Å². The van der Waals surface area contributed by atoms with E-state index in [0.717, 1.165) is 37.2 Å². The molecule has 136 valence electrons. The number of nitrogens with zero attached hydrogens (tertiary/aromatic N) is 4. The smallest absolute Gasteiger partial charge is 0.277 e. The Morgan fingerprint density at radius 2 is 2.12 bits per heavy atom. The zero-order chi connectivity index (χ0) is 17.1. The van der Waals surface area contributed by atoms with Gasteiger partial charge in [-0.25, -0.2) is 0 Å². The number of pyridine rings is 1. The maximum Gasteiger partial charge on any atom is 0.277 e. The first-order chi connectivity index (χ1) is 12.3. The summed E-state index contributed by atoms with van der Waals surface area (Å²) in [7, 11) is 0. The van der Waals surface area contributed by atoms with E-state index in [1.165, 1.54) is 0 Å². The van der Waals surface area contributed by atoms with E-state index in [9.17, 15) is 4.79 Å². The monoisotopic (exact) mass is 373 g/mol. The number of aromatic nitrogens is 5. The number of nitrogens with one attached hydrogen (secondary N) is 3. The summed E-state index contributed by atoms with van der Waals surface area (Å²) < 4.78 is 1.87. The number of carbonyl (C=O) groups excluding carboxylic acids is 1. The van der Waals surface area contributed by atoms with E-state index in [0.29, 0.717) is 17.6 Å². The lowest BCUT2D eigenvalue weighted by molar-refractivity contribution is 0.102. The minimum atomic E-state index is -0.268. The van der Waals surface area contributed by atoms with Crippen LogP contribution >= 0.6 is 12.4 Å². The first kappa shape index (κ1) is 18.1. The van der Waals surface area contributed by atoms with E-state index >= 15 is 0 Å². The van der Waals surface area contributed by atoms with Gasteiger partial charge in [-0.2, -0.15) is 10.2 Å². The third-order valence-corrected chi connectivity index (χ3v) is 4.30. The number of halogens is 1. The minimum Gasteiger partial charge on any atom is -0.315 e. The van der Waals surface area contributed by atoms with Crippen molar-refractivity contribution in [3.8, 4) is 11.3 Å². The number of piperidine rings is 1. The molecule has 1 unspecified atom stereocenters. The highest BCUT2D eigenvalue weighted by Crippen LogP contribution is 2.19. The number of rotatable bonds is 4. The van der Waals surface area contributed by atoms with Crippen LogP contribution in [0.25, 0.3) is 11.3 Å². The van der Waals surface area contributed by atoms with Crippen LogP contribution in [0.15, 0.2) is 42.9 Å². The number of hydrogen-bond acceptors (Lipinski definition) is 5. The summed E-state index contributed by atoms with van der Waals surface area (Å²) in [6.45, 7) is 1.93. The topological polar surface area (TPSA) is 101 Å². The molecule has 9 heteroatoms. The fourth-order valence-electron chi connectivity index (χ4n) is 2.97. The van der Waals surface area contributed by atoms with Gasteiger partial charge >= 0.3 is 0 Å². The minimum absolute atomic E-state index is 0. The molecular weight excluding hydrogens is 354 g/mol. The van der Waals surface area contributed by atoms with Crippen molar-refractivity contribution in [2.45, 2.75) is 18.9 Å². The molecule has 3 aromatic rings. The van der Waals surface area contributed by atoms with Crippen molar-refractivity contribution in [1.82, 2.24) is 30.3 Å². The van der Waals surface area contributed by atoms with Gasteiger partial charge in [0, 0.05) is 36.8 Å². The van der Waals surface area contributed by atoms with E-state index in [4.69, 9.17) is 0 Å². The Labute approximate surface area is 156 Å². The maximum absolute atomic E-state index is 12.4. The van der Waals surface area contributed by atoms with Gasteiger partial charge in [0.05, 0.1) is 11.7 Å². The van der Waals surface area contributed by atoms with Gasteiger partial charge in [0.25, 0.3) is 5.91 Å². The highest BCUT2D eigenvalue weighted by Gasteiger charge is 2.18. The van der Waals surface area contributed by atoms with Crippen molar-refractivity contribution < 1.29 is 4.79 Å². The molecule has 4 rings (SSSR count). The molecule has 0 bridgehead atoms. The Hall–Kier alpha value is -2.71. The van der Waals surface area contributed by atoms with E-state index in [1.807, 2.05) is 23.0 Å². The quantitative estimate of drug-likeness (QED) is 0.651. The third kappa shape index (κ3) is 3.92. The van der Waals surface area contributed by atoms with Crippen LogP contribution in [0.5, 0.6) is 0 Å². The molecule has 4 heterocycles. The Balaban J connectivity index is 0.00000196. The summed E-state index contributed by atoms with van der Waals surface area (Å²) in [5.41, 5.74) is 2.16. The Kier molecular flexibility index (Phi) is 5.65. The van der Waals surface area contributed by atoms with E-state index in [1.54, 1.807) is 24.5 Å². The summed E-state index contributed by atoms with van der Waals surface area (Å²) in [5.74, 6) is 0.195. The van der Waals surface area contributed by atoms with Crippen molar-refractivity contribution in [3.05, 3.63) is 48.5 Å². The summed E-state index contributed by atoms with van der Waals surface area (Å²) in [6.07, 6.45) is 7.48. The lowest BCUT2D eigenvalue weighted by atomic mass is 10.1. The number of hydrogen-bond donors (Lipinski definition) is 3. The molecule has 0 aromatic carbocycles. The average Bonchev–Trinajstić information content (AvgIpc) is 3.33. The highest BCUT2D eigenvalue weighted by atomic mass is 35.5. The van der Waals surface area contributed by atoms with Gasteiger partial charge in [0.1, 0.15) is 0 Å². The van der Waals surface area contributed by atoms with Crippen LogP contribution < -0.4 is 10.6 Å². The summed E-state index contributed by atoms with van der Waals surface area (Å²) in [4.78, 5) is 16.4. The molecule has 1 saturated heterocycles. The van der Waals surface area contributed by atoms with E-state index < -0.39 is 0 Å². The molecule has 3 aromatic heterocycles. The second kappa shape index (κ2) is 8.11. The lowest BCUT2D eigenvalue weighted by Gasteiger charge is -2.22. The van der Waals surface area contributed by atoms with Gasteiger partial charge in [0.15, 0.2) is 11.5 Å². The van der Waals surface area contributed by atoms with Crippen molar-refractivity contribution in [1.29, 1.82) is 0 Å². The number of aromatic amines is 1. The van der Waals surface area contributed by atoms with Gasteiger partial charge in [-0.1, -0.05) is 0 Å². The van der Waals surface area contributed by atoms with Crippen LogP contribution in [0, 0.1) is 0 Å². The molecule has 8 nitrogen and oxygen atoms in total. The fraction of sp³-hybridized carbons (Fsp3) is 0.294. The largest absolute Gasteiger partial charge is 0.315 e. The van der Waals surface area contributed by atoms with E-state index in [-0.39, 0.29) is 18.3 Å². The number of anilines is 1. The highest BCUT2D eigenvalue weighted by molar-refractivity contribution is 6.02. The number of H-pyrrole nitrogens is 1. The van der Waals surface area contributed by atoms with Gasteiger partial charge in [-0.3, -0.25) is 19.6 Å². The molecule has 0 radical (unpaired) electrons. The molecule has 1 amide bonds. The molecule has 26 heavy (non-hydrogen) atoms. The molecule has 0 spiro atoms. The molecule has 1 aliphatic heterocycles. The van der Waals surface area contributed by atoms with Crippen LogP contribution in [0.1, 0.15) is 29.4 Å². The summed E-state index contributed by atoms with van der Waals surface area (Å²) in [6, 6.07) is 7.58. The predicted molar refractivity (Wildman–Crippen MR) is 100 cm³/mol. The zero-order valence-electron chi connectivity index (χ0n) is 14.1. The van der Waals surface area contributed by atoms with Crippen LogP contribution in [0.2, 0.25) is 0 Å². The maximum atomic E-state index is 12.4. The molecule has 1 fully saturated rings. The standard InChI is InChI=1S/C17H19N7O.ClH/c25-17(14-5-9-24(23-14)13-2-1-6-19-11-13)20-16-10-15(21-22-16)12-3-7-18-8-4-12;/h3-5,7-10,13,19H,1-2,6,11H2,(H2,20,21,22,25);1H. The molecule has 0 aliphatic carbocycles. The Bertz CT molecular complexity index is 855. The molecular formula is C17H20ClN7O. The summed E-state index contributed by atoms with van der Waals surface area (Å²) >= 11 is 0. The zero-order valence-corrected chi connectivity index (χ0v) is 14.9. The average molecular weight is 374 g/mol. The summed E-state index contributed by atoms with van der Waals surface area (Å²) in [5, 5.41) is 17.6. The molecule has 1 atom stereocenters. The van der Waals surface area contributed by atoms with Crippen molar-refractivity contribution in [3.63, 3.8) is 0 Å². The van der Waals surface area contributed by atoms with Crippen molar-refractivity contribution >= 4 is 24.1 Å². The molecule has 1 aliphatic rings.